The summed E-state index contributed by atoms with van der Waals surface area (Å²) in [7, 11) is 1.46. The molecule has 0 bridgehead atoms. The smallest absolute Gasteiger partial charge is 0.498 e. The molecule has 2 aromatic heterocycles. The molecule has 5 rings (SSSR count). The van der Waals surface area contributed by atoms with Crippen LogP contribution in [0, 0.1) is 6.57 Å². The first-order valence-electron chi connectivity index (χ1n) is 10.9. The highest BCUT2D eigenvalue weighted by Gasteiger charge is 2.43. The van der Waals surface area contributed by atoms with Gasteiger partial charge in [-0.1, -0.05) is 0 Å². The average molecular weight is 508 g/mol. The van der Waals surface area contributed by atoms with E-state index in [0.29, 0.717) is 17.0 Å². The molecule has 0 aliphatic carbocycles. The molecule has 1 amide bonds. The van der Waals surface area contributed by atoms with E-state index in [2.05, 4.69) is 29.4 Å². The minimum atomic E-state index is -3.79. The quantitative estimate of drug-likeness (QED) is 0.395. The van der Waals surface area contributed by atoms with Gasteiger partial charge in [-0.2, -0.15) is 5.10 Å². The van der Waals surface area contributed by atoms with Crippen molar-refractivity contribution in [1.82, 2.24) is 19.7 Å². The number of methoxy groups -OCH3 is 1. The topological polar surface area (TPSA) is 116 Å². The highest BCUT2D eigenvalue weighted by Crippen LogP contribution is 2.43. The molecule has 0 fully saturated rings. The van der Waals surface area contributed by atoms with Crippen LogP contribution in [0.25, 0.3) is 27.1 Å². The minimum absolute atomic E-state index is 0.123. The molecule has 0 saturated heterocycles. The number of amides is 1. The molecule has 0 saturated carbocycles. The predicted molar refractivity (Wildman–Crippen MR) is 127 cm³/mol. The third-order valence-electron chi connectivity index (χ3n) is 5.66. The third kappa shape index (κ3) is 4.29. The van der Waals surface area contributed by atoms with Crippen molar-refractivity contribution in [2.75, 3.05) is 18.6 Å². The normalized spacial score (nSPS) is 13.4. The molecule has 1 aliphatic rings. The number of halogens is 2. The van der Waals surface area contributed by atoms with Crippen LogP contribution in [0.5, 0.6) is 17.2 Å². The van der Waals surface area contributed by atoms with E-state index in [-0.39, 0.29) is 40.5 Å². The number of hydrogen-bond donors (Lipinski definition) is 1. The Hall–Kier alpha value is -4.99. The Morgan fingerprint density at radius 1 is 1.24 bits per heavy atom. The summed E-state index contributed by atoms with van der Waals surface area (Å²) < 4.78 is 42.0. The summed E-state index contributed by atoms with van der Waals surface area (Å²) in [5.41, 5.74) is 1.10. The number of ether oxygens (including phenoxy) is 3. The number of anilines is 1. The number of rotatable bonds is 6. The highest BCUT2D eigenvalue weighted by molar-refractivity contribution is 5.94. The van der Waals surface area contributed by atoms with Crippen molar-refractivity contribution < 1.29 is 27.8 Å². The van der Waals surface area contributed by atoms with Gasteiger partial charge in [0.2, 0.25) is 5.91 Å². The molecule has 0 radical (unpaired) electrons. The number of likely N-dealkylation sites (N-methyl/N-ethyl adjacent to an activating group) is 1. The van der Waals surface area contributed by atoms with Crippen LogP contribution in [0.4, 0.5) is 20.2 Å². The van der Waals surface area contributed by atoms with Crippen LogP contribution < -0.4 is 24.7 Å². The lowest BCUT2D eigenvalue weighted by atomic mass is 10.1. The molecule has 37 heavy (non-hydrogen) atoms. The van der Waals surface area contributed by atoms with Crippen molar-refractivity contribution in [2.45, 2.75) is 19.8 Å². The number of nitrogens with zero attached hydrogens (tertiary/aromatic N) is 5. The van der Waals surface area contributed by atoms with E-state index in [9.17, 15) is 18.4 Å². The Kier molecular flexibility index (Phi) is 5.71. The Morgan fingerprint density at radius 3 is 2.76 bits per heavy atom. The van der Waals surface area contributed by atoms with Crippen LogP contribution in [0.2, 0.25) is 0 Å². The van der Waals surface area contributed by atoms with Crippen molar-refractivity contribution in [3.63, 3.8) is 0 Å². The number of carbonyl (C=O) groups is 1. The highest BCUT2D eigenvalue weighted by atomic mass is 19.3. The van der Waals surface area contributed by atoms with E-state index in [4.69, 9.17) is 11.3 Å². The molecular formula is C24H18F2N6O5. The molecule has 188 valence electrons. The molecule has 0 unspecified atom stereocenters. The molecule has 3 heterocycles. The molecule has 13 heteroatoms. The average Bonchev–Trinajstić information content (AvgIpc) is 3.49. The van der Waals surface area contributed by atoms with Crippen LogP contribution in [0.3, 0.4) is 0 Å². The van der Waals surface area contributed by atoms with Crippen molar-refractivity contribution in [3.8, 4) is 28.5 Å². The zero-order valence-electron chi connectivity index (χ0n) is 19.5. The molecule has 1 N–H and O–H groups in total. The lowest BCUT2D eigenvalue weighted by molar-refractivity contribution is -0.286. The van der Waals surface area contributed by atoms with Gasteiger partial charge < -0.3 is 24.1 Å². The maximum atomic E-state index is 13.4. The lowest BCUT2D eigenvalue weighted by Crippen LogP contribution is -2.37. The van der Waals surface area contributed by atoms with Crippen LogP contribution in [-0.2, 0) is 11.3 Å². The maximum Gasteiger partial charge on any atom is 0.586 e. The number of fused-ring (bicyclic) bond motifs is 2. The van der Waals surface area contributed by atoms with E-state index < -0.39 is 24.3 Å². The Labute approximate surface area is 207 Å². The van der Waals surface area contributed by atoms with Gasteiger partial charge in [-0.25, -0.2) is 14.5 Å². The van der Waals surface area contributed by atoms with Gasteiger partial charge in [0, 0.05) is 18.3 Å². The SMILES string of the molecule is [C-]#[N+]c1cc(OC)cc(-c2nn(CC(=O)N(CC)c3ccc4c(c3)OC(F)(F)O4)c(=O)c3[nH]cnc23)c1. The second-order valence-electron chi connectivity index (χ2n) is 7.91. The van der Waals surface area contributed by atoms with Gasteiger partial charge in [-0.05, 0) is 42.8 Å². The summed E-state index contributed by atoms with van der Waals surface area (Å²) in [4.78, 5) is 38.1. The van der Waals surface area contributed by atoms with Crippen LogP contribution >= 0.6 is 0 Å². The van der Waals surface area contributed by atoms with Crippen molar-refractivity contribution in [3.05, 3.63) is 64.5 Å². The number of alkyl halides is 2. The molecule has 2 aromatic carbocycles. The third-order valence-corrected chi connectivity index (χ3v) is 5.66. The minimum Gasteiger partial charge on any atom is -0.498 e. The Balaban J connectivity index is 1.53. The van der Waals surface area contributed by atoms with Gasteiger partial charge >= 0.3 is 6.29 Å². The summed E-state index contributed by atoms with van der Waals surface area (Å²) in [6.07, 6.45) is -2.46. The number of nitrogens with one attached hydrogen (secondary N) is 1. The first-order chi connectivity index (χ1) is 17.7. The Morgan fingerprint density at radius 2 is 2.03 bits per heavy atom. The molecule has 0 spiro atoms. The first-order valence-corrected chi connectivity index (χ1v) is 10.9. The van der Waals surface area contributed by atoms with Gasteiger partial charge in [-0.15, -0.1) is 8.78 Å². The fourth-order valence-corrected chi connectivity index (χ4v) is 4.01. The van der Waals surface area contributed by atoms with Crippen molar-refractivity contribution in [1.29, 1.82) is 0 Å². The number of hydrogen-bond acceptors (Lipinski definition) is 7. The second kappa shape index (κ2) is 8.90. The van der Waals surface area contributed by atoms with E-state index >= 15 is 0 Å². The number of aromatic nitrogens is 4. The van der Waals surface area contributed by atoms with E-state index in [1.807, 2.05) is 0 Å². The van der Waals surface area contributed by atoms with Crippen LogP contribution in [-0.4, -0.2) is 45.6 Å². The summed E-state index contributed by atoms with van der Waals surface area (Å²) in [6.45, 7) is 8.77. The summed E-state index contributed by atoms with van der Waals surface area (Å²) in [6, 6.07) is 8.74. The fraction of sp³-hybridized carbons (Fsp3) is 0.208. The number of imidazole rings is 1. The molecular weight excluding hydrogens is 490 g/mol. The predicted octanol–water partition coefficient (Wildman–Crippen LogP) is 3.72. The molecule has 4 aromatic rings. The summed E-state index contributed by atoms with van der Waals surface area (Å²) in [5.74, 6) is -0.478. The number of carbonyl (C=O) groups excluding carboxylic acids is 1. The van der Waals surface area contributed by atoms with Gasteiger partial charge in [0.15, 0.2) is 17.2 Å². The molecule has 11 nitrogen and oxygen atoms in total. The van der Waals surface area contributed by atoms with Gasteiger partial charge in [0.05, 0.1) is 20.0 Å². The van der Waals surface area contributed by atoms with Gasteiger partial charge in [-0.3, -0.25) is 9.59 Å². The number of aromatic amines is 1. The van der Waals surface area contributed by atoms with Crippen molar-refractivity contribution in [2.24, 2.45) is 0 Å². The standard InChI is InChI=1S/C24H18F2N6O5/c1-4-31(15-5-6-17-18(10-15)37-24(25,26)36-17)19(33)11-32-23(34)22-21(28-12-29-22)20(30-32)13-7-14(27-2)9-16(8-13)35-3/h5-10,12H,4,11H2,1,3H3,(H,28,29). The van der Waals surface area contributed by atoms with Gasteiger partial charge in [0.1, 0.15) is 29.0 Å². The molecule has 1 aliphatic heterocycles. The number of H-pyrrole nitrogens is 1. The fourth-order valence-electron chi connectivity index (χ4n) is 4.01. The van der Waals surface area contributed by atoms with E-state index in [1.165, 1.54) is 36.5 Å². The lowest BCUT2D eigenvalue weighted by Gasteiger charge is -2.21. The second-order valence-corrected chi connectivity index (χ2v) is 7.91. The zero-order chi connectivity index (χ0) is 26.3. The van der Waals surface area contributed by atoms with E-state index in [1.54, 1.807) is 25.1 Å². The first kappa shape index (κ1) is 23.7. The van der Waals surface area contributed by atoms with Crippen molar-refractivity contribution >= 4 is 28.3 Å². The van der Waals surface area contributed by atoms with Crippen LogP contribution in [0.15, 0.2) is 47.5 Å². The largest absolute Gasteiger partial charge is 0.586 e. The zero-order valence-corrected chi connectivity index (χ0v) is 19.5. The summed E-state index contributed by atoms with van der Waals surface area (Å²) >= 11 is 0. The monoisotopic (exact) mass is 508 g/mol. The summed E-state index contributed by atoms with van der Waals surface area (Å²) in [5, 5.41) is 4.39. The molecule has 0 atom stereocenters. The number of benzene rings is 2. The van der Waals surface area contributed by atoms with Crippen LogP contribution in [0.1, 0.15) is 6.92 Å². The maximum absolute atomic E-state index is 13.4. The Bertz CT molecular complexity index is 1640. The van der Waals surface area contributed by atoms with Gasteiger partial charge in [0.25, 0.3) is 5.56 Å². The van der Waals surface area contributed by atoms with E-state index in [0.717, 1.165) is 4.68 Å².